The molecule has 1 aromatic rings. The summed E-state index contributed by atoms with van der Waals surface area (Å²) in [5.74, 6) is -0.987. The fourth-order valence-corrected chi connectivity index (χ4v) is 2.61. The number of aromatic carboxylic acids is 1. The molecule has 1 rings (SSSR count). The van der Waals surface area contributed by atoms with Crippen LogP contribution in [0.4, 0.5) is 5.13 Å². The van der Waals surface area contributed by atoms with E-state index >= 15 is 0 Å². The van der Waals surface area contributed by atoms with Crippen LogP contribution in [-0.2, 0) is 9.47 Å². The van der Waals surface area contributed by atoms with E-state index in [2.05, 4.69) is 4.98 Å². The molecule has 0 bridgehead atoms. The Kier molecular flexibility index (Phi) is 7.50. The lowest BCUT2D eigenvalue weighted by Gasteiger charge is -2.21. The highest BCUT2D eigenvalue weighted by atomic mass is 32.1. The van der Waals surface area contributed by atoms with Crippen LogP contribution in [0.2, 0.25) is 0 Å². The second-order valence-corrected chi connectivity index (χ2v) is 5.27. The Morgan fingerprint density at radius 3 is 2.20 bits per heavy atom. The molecular formula is C13H22N2O4S. The molecule has 0 unspecified atom stereocenters. The fourth-order valence-electron chi connectivity index (χ4n) is 1.66. The maximum Gasteiger partial charge on any atom is 0.355 e. The van der Waals surface area contributed by atoms with Crippen LogP contribution in [0.5, 0.6) is 0 Å². The normalized spacial score (nSPS) is 10.8. The number of carboxylic acids is 1. The number of nitrogens with zero attached hydrogens (tertiary/aromatic N) is 2. The third-order valence-electron chi connectivity index (χ3n) is 2.68. The van der Waals surface area contributed by atoms with Gasteiger partial charge >= 0.3 is 5.97 Å². The molecule has 0 radical (unpaired) electrons. The Morgan fingerprint density at radius 1 is 1.25 bits per heavy atom. The van der Waals surface area contributed by atoms with Crippen molar-refractivity contribution < 1.29 is 19.4 Å². The average molecular weight is 302 g/mol. The number of rotatable bonds is 10. The largest absolute Gasteiger partial charge is 0.476 e. The van der Waals surface area contributed by atoms with Crippen molar-refractivity contribution in [2.45, 2.75) is 20.8 Å². The zero-order chi connectivity index (χ0) is 15.0. The van der Waals surface area contributed by atoms with Gasteiger partial charge in [-0.15, -0.1) is 11.3 Å². The van der Waals surface area contributed by atoms with Crippen molar-refractivity contribution >= 4 is 22.4 Å². The van der Waals surface area contributed by atoms with Crippen LogP contribution in [0.25, 0.3) is 0 Å². The first-order chi connectivity index (χ1) is 9.60. The second-order valence-electron chi connectivity index (χ2n) is 4.09. The molecule has 0 fully saturated rings. The van der Waals surface area contributed by atoms with E-state index in [1.807, 2.05) is 18.7 Å². The Morgan fingerprint density at radius 2 is 1.80 bits per heavy atom. The molecule has 1 N–H and O–H groups in total. The van der Waals surface area contributed by atoms with Gasteiger partial charge in [-0.25, -0.2) is 9.78 Å². The van der Waals surface area contributed by atoms with E-state index in [1.165, 1.54) is 11.3 Å². The van der Waals surface area contributed by atoms with Crippen LogP contribution >= 0.6 is 11.3 Å². The Hall–Kier alpha value is -1.18. The first kappa shape index (κ1) is 16.9. The molecule has 0 aliphatic rings. The molecule has 0 aliphatic heterocycles. The number of hydrogen-bond acceptors (Lipinski definition) is 6. The number of ether oxygens (including phenoxy) is 2. The standard InChI is InChI=1S/C13H22N2O4S/c1-4-18-8-6-15(7-9-19-5-2)13-14-11(12(16)17)10(3)20-13/h4-9H2,1-3H3,(H,16,17). The zero-order valence-electron chi connectivity index (χ0n) is 12.2. The van der Waals surface area contributed by atoms with Crippen molar-refractivity contribution in [1.82, 2.24) is 4.98 Å². The topological polar surface area (TPSA) is 71.9 Å². The monoisotopic (exact) mass is 302 g/mol. The van der Waals surface area contributed by atoms with Gasteiger partial charge in [0, 0.05) is 31.2 Å². The molecule has 1 heterocycles. The summed E-state index contributed by atoms with van der Waals surface area (Å²) in [6, 6.07) is 0. The van der Waals surface area contributed by atoms with E-state index in [9.17, 15) is 4.79 Å². The van der Waals surface area contributed by atoms with E-state index in [0.29, 0.717) is 49.5 Å². The number of carbonyl (C=O) groups is 1. The Labute approximate surface area is 123 Å². The van der Waals surface area contributed by atoms with Crippen LogP contribution in [0.3, 0.4) is 0 Å². The van der Waals surface area contributed by atoms with Gasteiger partial charge in [-0.3, -0.25) is 0 Å². The highest BCUT2D eigenvalue weighted by molar-refractivity contribution is 7.15. The zero-order valence-corrected chi connectivity index (χ0v) is 13.0. The van der Waals surface area contributed by atoms with Crippen LogP contribution < -0.4 is 4.90 Å². The molecule has 0 aromatic carbocycles. The molecule has 0 saturated carbocycles. The summed E-state index contributed by atoms with van der Waals surface area (Å²) < 4.78 is 10.7. The Balaban J connectivity index is 2.74. The predicted octanol–water partition coefficient (Wildman–Crippen LogP) is 2.03. The van der Waals surface area contributed by atoms with E-state index in [1.54, 1.807) is 6.92 Å². The quantitative estimate of drug-likeness (QED) is 0.667. The highest BCUT2D eigenvalue weighted by Gasteiger charge is 2.18. The van der Waals surface area contributed by atoms with Crippen molar-refractivity contribution in [3.63, 3.8) is 0 Å². The van der Waals surface area contributed by atoms with E-state index < -0.39 is 5.97 Å². The van der Waals surface area contributed by atoms with Gasteiger partial charge in [-0.1, -0.05) is 0 Å². The molecule has 0 amide bonds. The number of anilines is 1. The van der Waals surface area contributed by atoms with Crippen LogP contribution in [0, 0.1) is 6.92 Å². The second kappa shape index (κ2) is 8.89. The molecule has 20 heavy (non-hydrogen) atoms. The highest BCUT2D eigenvalue weighted by Crippen LogP contribution is 2.25. The molecular weight excluding hydrogens is 280 g/mol. The van der Waals surface area contributed by atoms with Crippen molar-refractivity contribution in [2.24, 2.45) is 0 Å². The summed E-state index contributed by atoms with van der Waals surface area (Å²) in [4.78, 5) is 18.0. The van der Waals surface area contributed by atoms with Gasteiger partial charge in [-0.2, -0.15) is 0 Å². The van der Waals surface area contributed by atoms with Gasteiger partial charge in [0.1, 0.15) is 0 Å². The average Bonchev–Trinajstić information content (AvgIpc) is 2.79. The van der Waals surface area contributed by atoms with Gasteiger partial charge in [0.05, 0.1) is 13.2 Å². The number of thiazole rings is 1. The van der Waals surface area contributed by atoms with E-state index in [-0.39, 0.29) is 5.69 Å². The van der Waals surface area contributed by atoms with Gasteiger partial charge < -0.3 is 19.5 Å². The third-order valence-corrected chi connectivity index (χ3v) is 3.71. The minimum atomic E-state index is -0.987. The SMILES string of the molecule is CCOCCN(CCOCC)c1nc(C(=O)O)c(C)s1. The van der Waals surface area contributed by atoms with Gasteiger partial charge in [0.15, 0.2) is 10.8 Å². The summed E-state index contributed by atoms with van der Waals surface area (Å²) in [5, 5.41) is 9.77. The number of aromatic nitrogens is 1. The van der Waals surface area contributed by atoms with Crippen molar-refractivity contribution in [1.29, 1.82) is 0 Å². The summed E-state index contributed by atoms with van der Waals surface area (Å²) in [7, 11) is 0. The minimum absolute atomic E-state index is 0.128. The minimum Gasteiger partial charge on any atom is -0.476 e. The first-order valence-corrected chi connectivity index (χ1v) is 7.52. The van der Waals surface area contributed by atoms with Crippen molar-refractivity contribution in [2.75, 3.05) is 44.4 Å². The molecule has 1 aromatic heterocycles. The van der Waals surface area contributed by atoms with Gasteiger partial charge in [0.2, 0.25) is 0 Å². The predicted molar refractivity (Wildman–Crippen MR) is 79.0 cm³/mol. The molecule has 0 atom stereocenters. The van der Waals surface area contributed by atoms with Crippen molar-refractivity contribution in [3.05, 3.63) is 10.6 Å². The lowest BCUT2D eigenvalue weighted by atomic mass is 10.4. The Bertz CT molecular complexity index is 413. The van der Waals surface area contributed by atoms with Crippen LogP contribution in [0.1, 0.15) is 29.2 Å². The maximum atomic E-state index is 11.1. The van der Waals surface area contributed by atoms with Gasteiger partial charge in [-0.05, 0) is 20.8 Å². The summed E-state index contributed by atoms with van der Waals surface area (Å²) in [5.41, 5.74) is 0.128. The van der Waals surface area contributed by atoms with E-state index in [0.717, 1.165) is 0 Å². The first-order valence-electron chi connectivity index (χ1n) is 6.71. The maximum absolute atomic E-state index is 11.1. The van der Waals surface area contributed by atoms with Crippen molar-refractivity contribution in [3.8, 4) is 0 Å². The lowest BCUT2D eigenvalue weighted by Crippen LogP contribution is -2.31. The molecule has 0 aliphatic carbocycles. The molecule has 114 valence electrons. The van der Waals surface area contributed by atoms with Gasteiger partial charge in [0.25, 0.3) is 0 Å². The third kappa shape index (κ3) is 5.07. The lowest BCUT2D eigenvalue weighted by molar-refractivity contribution is 0.0690. The number of aryl methyl sites for hydroxylation is 1. The number of carboxylic acid groups (broad SMARTS) is 1. The molecule has 7 heteroatoms. The summed E-state index contributed by atoms with van der Waals surface area (Å²) in [6.07, 6.45) is 0. The molecule has 0 spiro atoms. The van der Waals surface area contributed by atoms with E-state index in [4.69, 9.17) is 14.6 Å². The number of hydrogen-bond donors (Lipinski definition) is 1. The molecule has 0 saturated heterocycles. The summed E-state index contributed by atoms with van der Waals surface area (Å²) >= 11 is 1.39. The smallest absolute Gasteiger partial charge is 0.355 e. The fraction of sp³-hybridized carbons (Fsp3) is 0.692. The summed E-state index contributed by atoms with van der Waals surface area (Å²) in [6.45, 7) is 9.51. The molecule has 6 nitrogen and oxygen atoms in total. The van der Waals surface area contributed by atoms with Crippen LogP contribution in [0.15, 0.2) is 0 Å². The van der Waals surface area contributed by atoms with Crippen LogP contribution in [-0.4, -0.2) is 55.6 Å².